The summed E-state index contributed by atoms with van der Waals surface area (Å²) in [7, 11) is 1.79. The van der Waals surface area contributed by atoms with Crippen LogP contribution in [0.5, 0.6) is 0 Å². The van der Waals surface area contributed by atoms with Gasteiger partial charge < -0.3 is 15.0 Å². The summed E-state index contributed by atoms with van der Waals surface area (Å²) < 4.78 is 18.6. The van der Waals surface area contributed by atoms with E-state index < -0.39 is 0 Å². The number of anilines is 1. The van der Waals surface area contributed by atoms with Crippen LogP contribution >= 0.6 is 0 Å². The number of methoxy groups -OCH3 is 1. The predicted octanol–water partition coefficient (Wildman–Crippen LogP) is 4.14. The number of nitrogens with zero attached hydrogens (tertiary/aromatic N) is 2. The van der Waals surface area contributed by atoms with Crippen LogP contribution in [-0.2, 0) is 16.1 Å². The van der Waals surface area contributed by atoms with Gasteiger partial charge in [0.15, 0.2) is 0 Å². The van der Waals surface area contributed by atoms with Crippen LogP contribution in [0.3, 0.4) is 0 Å². The normalized spacial score (nSPS) is 15.8. The number of hydrogen-bond acceptors (Lipinski definition) is 4. The number of likely N-dealkylation sites (N-methyl/N-ethyl adjacent to an activating group) is 1. The highest BCUT2D eigenvalue weighted by molar-refractivity contribution is 5.78. The second-order valence-electron chi connectivity index (χ2n) is 8.23. The number of amides is 1. The molecule has 1 unspecified atom stereocenters. The van der Waals surface area contributed by atoms with Gasteiger partial charge >= 0.3 is 0 Å². The molecule has 0 saturated carbocycles. The Morgan fingerprint density at radius 3 is 2.39 bits per heavy atom. The van der Waals surface area contributed by atoms with Gasteiger partial charge in [-0.3, -0.25) is 9.69 Å². The summed E-state index contributed by atoms with van der Waals surface area (Å²) in [5.41, 5.74) is 3.33. The Balaban J connectivity index is 1.49. The maximum Gasteiger partial charge on any atom is 0.234 e. The molecule has 1 fully saturated rings. The van der Waals surface area contributed by atoms with E-state index in [9.17, 15) is 9.18 Å². The standard InChI is InChI=1S/C25H34FN3O2/c1-4-28(18-25(30)27-19(2)21-7-9-22(26)10-8-21)17-20-5-11-23(12-6-20)29-15-13-24(31-3)14-16-29/h5-12,19,24H,4,13-18H2,1-3H3,(H,27,30). The molecule has 1 N–H and O–H groups in total. The van der Waals surface area contributed by atoms with Gasteiger partial charge in [0.2, 0.25) is 5.91 Å². The fourth-order valence-electron chi connectivity index (χ4n) is 4.02. The van der Waals surface area contributed by atoms with Crippen LogP contribution in [0.25, 0.3) is 0 Å². The first-order chi connectivity index (χ1) is 15.0. The molecule has 0 radical (unpaired) electrons. The topological polar surface area (TPSA) is 44.8 Å². The van der Waals surface area contributed by atoms with E-state index in [1.165, 1.54) is 23.4 Å². The van der Waals surface area contributed by atoms with Crippen molar-refractivity contribution in [3.63, 3.8) is 0 Å². The molecule has 0 spiro atoms. The van der Waals surface area contributed by atoms with Gasteiger partial charge in [0.25, 0.3) is 0 Å². The van der Waals surface area contributed by atoms with Crippen LogP contribution in [0.1, 0.15) is 43.9 Å². The summed E-state index contributed by atoms with van der Waals surface area (Å²) in [4.78, 5) is 17.0. The average molecular weight is 428 g/mol. The summed E-state index contributed by atoms with van der Waals surface area (Å²) in [6.45, 7) is 7.84. The molecule has 1 atom stereocenters. The van der Waals surface area contributed by atoms with Gasteiger partial charge in [0.1, 0.15) is 5.82 Å². The number of carbonyl (C=O) groups is 1. The maximum absolute atomic E-state index is 13.1. The Bertz CT molecular complexity index is 818. The van der Waals surface area contributed by atoms with E-state index >= 15 is 0 Å². The Morgan fingerprint density at radius 1 is 1.16 bits per heavy atom. The van der Waals surface area contributed by atoms with Crippen molar-refractivity contribution in [3.05, 3.63) is 65.5 Å². The molecule has 31 heavy (non-hydrogen) atoms. The molecule has 5 nitrogen and oxygen atoms in total. The first-order valence-electron chi connectivity index (χ1n) is 11.1. The number of rotatable bonds is 9. The lowest BCUT2D eigenvalue weighted by molar-refractivity contribution is -0.123. The average Bonchev–Trinajstić information content (AvgIpc) is 2.79. The summed E-state index contributed by atoms with van der Waals surface area (Å²) >= 11 is 0. The lowest BCUT2D eigenvalue weighted by Crippen LogP contribution is -2.38. The monoisotopic (exact) mass is 427 g/mol. The number of benzene rings is 2. The van der Waals surface area contributed by atoms with Crippen molar-refractivity contribution in [1.82, 2.24) is 10.2 Å². The summed E-state index contributed by atoms with van der Waals surface area (Å²) in [5.74, 6) is -0.304. The first-order valence-corrected chi connectivity index (χ1v) is 11.1. The zero-order valence-electron chi connectivity index (χ0n) is 18.8. The van der Waals surface area contributed by atoms with E-state index in [0.717, 1.165) is 44.6 Å². The van der Waals surface area contributed by atoms with E-state index in [0.29, 0.717) is 12.6 Å². The predicted molar refractivity (Wildman–Crippen MR) is 123 cm³/mol. The van der Waals surface area contributed by atoms with Crippen LogP contribution in [0.2, 0.25) is 0 Å². The van der Waals surface area contributed by atoms with E-state index in [-0.39, 0.29) is 17.8 Å². The highest BCUT2D eigenvalue weighted by Gasteiger charge is 2.19. The van der Waals surface area contributed by atoms with Crippen LogP contribution in [0.15, 0.2) is 48.5 Å². The van der Waals surface area contributed by atoms with Crippen LogP contribution in [0, 0.1) is 5.82 Å². The third kappa shape index (κ3) is 6.77. The minimum atomic E-state index is -0.273. The van der Waals surface area contributed by atoms with Crippen molar-refractivity contribution in [1.29, 1.82) is 0 Å². The van der Waals surface area contributed by atoms with Crippen LogP contribution < -0.4 is 10.2 Å². The molecule has 0 aromatic heterocycles. The van der Waals surface area contributed by atoms with Crippen molar-refractivity contribution in [2.45, 2.75) is 45.4 Å². The summed E-state index contributed by atoms with van der Waals surface area (Å²) in [5, 5.41) is 3.01. The van der Waals surface area contributed by atoms with E-state index in [2.05, 4.69) is 46.3 Å². The van der Waals surface area contributed by atoms with Crippen molar-refractivity contribution < 1.29 is 13.9 Å². The Morgan fingerprint density at radius 2 is 1.81 bits per heavy atom. The fraction of sp³-hybridized carbons (Fsp3) is 0.480. The van der Waals surface area contributed by atoms with Crippen molar-refractivity contribution in [3.8, 4) is 0 Å². The van der Waals surface area contributed by atoms with Gasteiger partial charge in [-0.1, -0.05) is 31.2 Å². The zero-order chi connectivity index (χ0) is 22.2. The Hall–Kier alpha value is -2.44. The van der Waals surface area contributed by atoms with Crippen LogP contribution in [-0.4, -0.2) is 50.2 Å². The minimum Gasteiger partial charge on any atom is -0.381 e. The molecule has 3 rings (SSSR count). The molecule has 0 aliphatic carbocycles. The van der Waals surface area contributed by atoms with Crippen LogP contribution in [0.4, 0.5) is 10.1 Å². The number of halogens is 1. The summed E-state index contributed by atoms with van der Waals surface area (Å²) in [6.07, 6.45) is 2.51. The van der Waals surface area contributed by atoms with Gasteiger partial charge in [0.05, 0.1) is 18.7 Å². The first kappa shape index (κ1) is 23.2. The third-order valence-corrected chi connectivity index (χ3v) is 6.04. The van der Waals surface area contributed by atoms with E-state index in [1.54, 1.807) is 19.2 Å². The van der Waals surface area contributed by atoms with Crippen molar-refractivity contribution in [2.24, 2.45) is 0 Å². The van der Waals surface area contributed by atoms with Gasteiger partial charge in [-0.2, -0.15) is 0 Å². The number of ether oxygens (including phenoxy) is 1. The molecule has 168 valence electrons. The van der Waals surface area contributed by atoms with E-state index in [1.807, 2.05) is 6.92 Å². The smallest absolute Gasteiger partial charge is 0.234 e. The number of nitrogens with one attached hydrogen (secondary N) is 1. The SMILES string of the molecule is CCN(CC(=O)NC(C)c1ccc(F)cc1)Cc1ccc(N2CCC(OC)CC2)cc1. The van der Waals surface area contributed by atoms with Crippen molar-refractivity contribution >= 4 is 11.6 Å². The molecule has 2 aromatic rings. The van der Waals surface area contributed by atoms with E-state index in [4.69, 9.17) is 4.74 Å². The molecule has 1 heterocycles. The molecule has 1 saturated heterocycles. The lowest BCUT2D eigenvalue weighted by Gasteiger charge is -2.33. The molecular weight excluding hydrogens is 393 g/mol. The van der Waals surface area contributed by atoms with Gasteiger partial charge in [-0.25, -0.2) is 4.39 Å². The molecule has 1 aliphatic heterocycles. The molecule has 2 aromatic carbocycles. The number of hydrogen-bond donors (Lipinski definition) is 1. The number of carbonyl (C=O) groups excluding carboxylic acids is 1. The van der Waals surface area contributed by atoms with Gasteiger partial charge in [0, 0.05) is 32.4 Å². The molecular formula is C25H34FN3O2. The molecule has 0 bridgehead atoms. The number of piperidine rings is 1. The minimum absolute atomic E-state index is 0.0312. The largest absolute Gasteiger partial charge is 0.381 e. The molecule has 1 amide bonds. The Kier molecular flexibility index (Phi) is 8.43. The summed E-state index contributed by atoms with van der Waals surface area (Å²) in [6, 6.07) is 14.7. The zero-order valence-corrected chi connectivity index (χ0v) is 18.8. The lowest BCUT2D eigenvalue weighted by atomic mass is 10.1. The maximum atomic E-state index is 13.1. The van der Waals surface area contributed by atoms with Crippen molar-refractivity contribution in [2.75, 3.05) is 38.2 Å². The molecule has 6 heteroatoms. The quantitative estimate of drug-likeness (QED) is 0.653. The Labute approximate surface area is 185 Å². The fourth-order valence-corrected chi connectivity index (χ4v) is 4.02. The second-order valence-corrected chi connectivity index (χ2v) is 8.23. The highest BCUT2D eigenvalue weighted by atomic mass is 19.1. The van der Waals surface area contributed by atoms with Gasteiger partial charge in [-0.05, 0) is 61.7 Å². The molecule has 1 aliphatic rings. The third-order valence-electron chi connectivity index (χ3n) is 6.04. The van der Waals surface area contributed by atoms with Gasteiger partial charge in [-0.15, -0.1) is 0 Å². The highest BCUT2D eigenvalue weighted by Crippen LogP contribution is 2.22. The second kappa shape index (κ2) is 11.3.